The summed E-state index contributed by atoms with van der Waals surface area (Å²) in [5.74, 6) is 0.670. The zero-order valence-electron chi connectivity index (χ0n) is 37.1. The van der Waals surface area contributed by atoms with Crippen molar-refractivity contribution in [3.8, 4) is 78.4 Å². The van der Waals surface area contributed by atoms with E-state index in [4.69, 9.17) is 14.4 Å². The maximum absolute atomic E-state index is 6.23. The lowest BCUT2D eigenvalue weighted by molar-refractivity contribution is 0.669. The fourth-order valence-corrected chi connectivity index (χ4v) is 10.7. The molecule has 318 valence electrons. The molecule has 1 aliphatic rings. The molecule has 2 heterocycles. The molecule has 3 heteroatoms. The molecule has 2 aromatic heterocycles. The number of hydrogen-bond donors (Lipinski definition) is 0. The summed E-state index contributed by atoms with van der Waals surface area (Å²) in [6, 6.07) is 91.4. The van der Waals surface area contributed by atoms with Gasteiger partial charge in [-0.1, -0.05) is 206 Å². The molecule has 68 heavy (non-hydrogen) atoms. The molecule has 0 N–H and O–H groups in total. The zero-order chi connectivity index (χ0) is 45.0. The third-order valence-corrected chi connectivity index (χ3v) is 13.8. The second kappa shape index (κ2) is 16.2. The quantitative estimate of drug-likeness (QED) is 0.153. The molecule has 0 aliphatic heterocycles. The van der Waals surface area contributed by atoms with Crippen LogP contribution in [0.3, 0.4) is 0 Å². The molecule has 0 spiro atoms. The Morgan fingerprint density at radius 3 is 1.54 bits per heavy atom. The predicted octanol–water partition coefficient (Wildman–Crippen LogP) is 16.7. The summed E-state index contributed by atoms with van der Waals surface area (Å²) in [5, 5.41) is 2.19. The highest BCUT2D eigenvalue weighted by atomic mass is 16.3. The normalized spacial score (nSPS) is 12.5. The molecule has 0 fully saturated rings. The number of aromatic nitrogens is 2. The van der Waals surface area contributed by atoms with Gasteiger partial charge < -0.3 is 4.42 Å². The number of benzene rings is 10. The standard InChI is InChI=1S/C65H42N2O/c1-5-19-43(20-6-1)47-37-48(45-33-35-59-56(40-45)53-28-15-17-31-58(53)65(59,50-23-9-3-10-24-50)51-25-11-4-12-26-51)39-49(38-47)60-42-61(67-64(66-60)44-21-7-2-8-22-44)54-29-14-13-27-52(54)46-34-36-63-57(41-46)55-30-16-18-32-62(55)68-63/h1-42H. The van der Waals surface area contributed by atoms with Crippen molar-refractivity contribution in [1.82, 2.24) is 9.97 Å². The van der Waals surface area contributed by atoms with Crippen LogP contribution in [0.2, 0.25) is 0 Å². The SMILES string of the molecule is c1ccc(-c2cc(-c3ccc4c(c3)-c3ccccc3C4(c3ccccc3)c3ccccc3)cc(-c3cc(-c4ccccc4-c4ccc5oc6ccccc6c5c4)nc(-c4ccccc4)n3)c2)cc1. The minimum Gasteiger partial charge on any atom is -0.456 e. The number of para-hydroxylation sites is 1. The van der Waals surface area contributed by atoms with Gasteiger partial charge in [-0.2, -0.15) is 0 Å². The monoisotopic (exact) mass is 866 g/mol. The number of hydrogen-bond acceptors (Lipinski definition) is 3. The van der Waals surface area contributed by atoms with Crippen LogP contribution in [-0.4, -0.2) is 9.97 Å². The molecule has 0 saturated carbocycles. The van der Waals surface area contributed by atoms with Crippen molar-refractivity contribution in [1.29, 1.82) is 0 Å². The molecule has 0 atom stereocenters. The molecule has 12 aromatic rings. The van der Waals surface area contributed by atoms with Crippen LogP contribution in [-0.2, 0) is 5.41 Å². The van der Waals surface area contributed by atoms with Crippen LogP contribution in [0.25, 0.3) is 100 Å². The van der Waals surface area contributed by atoms with E-state index in [1.165, 1.54) is 33.4 Å². The van der Waals surface area contributed by atoms with E-state index < -0.39 is 5.41 Å². The summed E-state index contributed by atoms with van der Waals surface area (Å²) >= 11 is 0. The second-order valence-electron chi connectivity index (χ2n) is 17.6. The average molecular weight is 867 g/mol. The highest BCUT2D eigenvalue weighted by Crippen LogP contribution is 2.56. The van der Waals surface area contributed by atoms with E-state index in [0.29, 0.717) is 5.82 Å². The maximum Gasteiger partial charge on any atom is 0.160 e. The summed E-state index contributed by atoms with van der Waals surface area (Å²) in [7, 11) is 0. The number of furan rings is 1. The topological polar surface area (TPSA) is 38.9 Å². The molecule has 0 radical (unpaired) electrons. The summed E-state index contributed by atoms with van der Waals surface area (Å²) in [5.41, 5.74) is 20.2. The first kappa shape index (κ1) is 39.4. The van der Waals surface area contributed by atoms with Gasteiger partial charge >= 0.3 is 0 Å². The van der Waals surface area contributed by atoms with Gasteiger partial charge in [-0.25, -0.2) is 9.97 Å². The first-order valence-electron chi connectivity index (χ1n) is 23.2. The lowest BCUT2D eigenvalue weighted by Gasteiger charge is -2.33. The smallest absolute Gasteiger partial charge is 0.160 e. The van der Waals surface area contributed by atoms with E-state index in [0.717, 1.165) is 83.4 Å². The molecule has 3 nitrogen and oxygen atoms in total. The minimum atomic E-state index is -0.469. The van der Waals surface area contributed by atoms with Gasteiger partial charge in [-0.05, 0) is 115 Å². The number of nitrogens with zero attached hydrogens (tertiary/aromatic N) is 2. The van der Waals surface area contributed by atoms with Gasteiger partial charge in [0.25, 0.3) is 0 Å². The lowest BCUT2D eigenvalue weighted by atomic mass is 9.67. The maximum atomic E-state index is 6.23. The molecular formula is C65H42N2O. The van der Waals surface area contributed by atoms with E-state index >= 15 is 0 Å². The summed E-state index contributed by atoms with van der Waals surface area (Å²) < 4.78 is 6.23. The Balaban J connectivity index is 1.01. The fourth-order valence-electron chi connectivity index (χ4n) is 10.7. The third-order valence-electron chi connectivity index (χ3n) is 13.8. The van der Waals surface area contributed by atoms with Gasteiger partial charge in [0.05, 0.1) is 16.8 Å². The molecule has 10 aromatic carbocycles. The first-order chi connectivity index (χ1) is 33.7. The van der Waals surface area contributed by atoms with Crippen LogP contribution in [0.5, 0.6) is 0 Å². The summed E-state index contributed by atoms with van der Waals surface area (Å²) in [4.78, 5) is 10.7. The predicted molar refractivity (Wildman–Crippen MR) is 279 cm³/mol. The van der Waals surface area contributed by atoms with Crippen molar-refractivity contribution in [3.63, 3.8) is 0 Å². The van der Waals surface area contributed by atoms with Gasteiger partial charge in [0, 0.05) is 27.5 Å². The van der Waals surface area contributed by atoms with Crippen LogP contribution >= 0.6 is 0 Å². The molecular weight excluding hydrogens is 825 g/mol. The van der Waals surface area contributed by atoms with Gasteiger partial charge in [0.1, 0.15) is 11.2 Å². The summed E-state index contributed by atoms with van der Waals surface area (Å²) in [6.45, 7) is 0. The fraction of sp³-hybridized carbons (Fsp3) is 0.0154. The second-order valence-corrected chi connectivity index (χ2v) is 17.6. The van der Waals surface area contributed by atoms with E-state index in [9.17, 15) is 0 Å². The van der Waals surface area contributed by atoms with E-state index in [2.05, 4.69) is 224 Å². The molecule has 1 aliphatic carbocycles. The zero-order valence-corrected chi connectivity index (χ0v) is 37.1. The van der Waals surface area contributed by atoms with Gasteiger partial charge in [-0.3, -0.25) is 0 Å². The Morgan fingerprint density at radius 2 is 0.809 bits per heavy atom. The Bertz CT molecular complexity index is 3800. The van der Waals surface area contributed by atoms with E-state index in [1.807, 2.05) is 30.3 Å². The minimum absolute atomic E-state index is 0.469. The van der Waals surface area contributed by atoms with Crippen LogP contribution in [0.1, 0.15) is 22.3 Å². The molecule has 0 saturated heterocycles. The summed E-state index contributed by atoms with van der Waals surface area (Å²) in [6.07, 6.45) is 0. The van der Waals surface area contributed by atoms with Crippen molar-refractivity contribution in [2.45, 2.75) is 5.41 Å². The molecule has 0 unspecified atom stereocenters. The number of fused-ring (bicyclic) bond motifs is 6. The van der Waals surface area contributed by atoms with Crippen molar-refractivity contribution >= 4 is 21.9 Å². The van der Waals surface area contributed by atoms with Crippen molar-refractivity contribution in [2.24, 2.45) is 0 Å². The highest BCUT2D eigenvalue weighted by Gasteiger charge is 2.46. The van der Waals surface area contributed by atoms with Crippen LogP contribution in [0.4, 0.5) is 0 Å². The van der Waals surface area contributed by atoms with Crippen LogP contribution in [0.15, 0.2) is 259 Å². The average Bonchev–Trinajstić information content (AvgIpc) is 3.95. The van der Waals surface area contributed by atoms with E-state index in [-0.39, 0.29) is 0 Å². The van der Waals surface area contributed by atoms with Gasteiger partial charge in [-0.15, -0.1) is 0 Å². The lowest BCUT2D eigenvalue weighted by Crippen LogP contribution is -2.28. The number of rotatable bonds is 8. The Morgan fingerprint density at radius 1 is 0.279 bits per heavy atom. The van der Waals surface area contributed by atoms with Crippen molar-refractivity contribution in [2.75, 3.05) is 0 Å². The Labute approximate surface area is 395 Å². The van der Waals surface area contributed by atoms with Gasteiger partial charge in [0.2, 0.25) is 0 Å². The molecule has 0 bridgehead atoms. The van der Waals surface area contributed by atoms with Crippen molar-refractivity contribution < 1.29 is 4.42 Å². The van der Waals surface area contributed by atoms with Crippen molar-refractivity contribution in [3.05, 3.63) is 277 Å². The largest absolute Gasteiger partial charge is 0.456 e. The third kappa shape index (κ3) is 6.51. The van der Waals surface area contributed by atoms with E-state index in [1.54, 1.807) is 0 Å². The van der Waals surface area contributed by atoms with Crippen LogP contribution in [0, 0.1) is 0 Å². The highest BCUT2D eigenvalue weighted by molar-refractivity contribution is 6.06. The Hall–Kier alpha value is -8.92. The van der Waals surface area contributed by atoms with Gasteiger partial charge in [0.15, 0.2) is 5.82 Å². The molecule has 13 rings (SSSR count). The Kier molecular flexibility index (Phi) is 9.40. The molecule has 0 amide bonds. The first-order valence-corrected chi connectivity index (χ1v) is 23.2. The van der Waals surface area contributed by atoms with Crippen LogP contribution < -0.4 is 0 Å².